The molecule has 92 valence electrons. The zero-order valence-electron chi connectivity index (χ0n) is 8.95. The molecule has 0 aliphatic carbocycles. The van der Waals surface area contributed by atoms with Crippen LogP contribution in [0.3, 0.4) is 0 Å². The van der Waals surface area contributed by atoms with E-state index in [0.29, 0.717) is 26.4 Å². The first-order valence-electron chi connectivity index (χ1n) is 4.95. The third-order valence-corrected chi connectivity index (χ3v) is 3.04. The molecule has 0 aromatic heterocycles. The van der Waals surface area contributed by atoms with Crippen molar-refractivity contribution in [2.24, 2.45) is 5.18 Å². The van der Waals surface area contributed by atoms with Crippen molar-refractivity contribution in [1.29, 1.82) is 0 Å². The van der Waals surface area contributed by atoms with Crippen LogP contribution in [-0.4, -0.2) is 0 Å². The Kier molecular flexibility index (Phi) is 4.07. The minimum atomic E-state index is 0.255. The summed E-state index contributed by atoms with van der Waals surface area (Å²) in [6.45, 7) is 0. The molecule has 0 unspecified atom stereocenters. The van der Waals surface area contributed by atoms with Gasteiger partial charge in [0.25, 0.3) is 0 Å². The summed E-state index contributed by atoms with van der Waals surface area (Å²) in [5.74, 6) is 0. The minimum Gasteiger partial charge on any atom is -0.352 e. The molecule has 2 aromatic carbocycles. The first-order chi connectivity index (χ1) is 8.60. The van der Waals surface area contributed by atoms with Gasteiger partial charge >= 0.3 is 0 Å². The normalized spacial score (nSPS) is 10.2. The Balaban J connectivity index is 2.39. The topological polar surface area (TPSA) is 41.5 Å². The molecule has 6 heteroatoms. The highest BCUT2D eigenvalue weighted by molar-refractivity contribution is 6.36. The Morgan fingerprint density at radius 1 is 0.889 bits per heavy atom. The summed E-state index contributed by atoms with van der Waals surface area (Å²) in [6, 6.07) is 9.72. The Morgan fingerprint density at radius 2 is 1.56 bits per heavy atom. The van der Waals surface area contributed by atoms with Crippen molar-refractivity contribution in [3.63, 3.8) is 0 Å². The van der Waals surface area contributed by atoms with Crippen molar-refractivity contribution in [3.05, 3.63) is 56.4 Å². The van der Waals surface area contributed by atoms with Gasteiger partial charge in [-0.25, -0.2) is 0 Å². The van der Waals surface area contributed by atoms with Gasteiger partial charge in [0.15, 0.2) is 0 Å². The van der Waals surface area contributed by atoms with Crippen LogP contribution in [0.1, 0.15) is 0 Å². The number of nitrogens with zero attached hydrogens (tertiary/aromatic N) is 1. The molecule has 0 heterocycles. The van der Waals surface area contributed by atoms with E-state index in [1.54, 1.807) is 30.3 Å². The van der Waals surface area contributed by atoms with Gasteiger partial charge in [-0.1, -0.05) is 34.8 Å². The molecule has 0 radical (unpaired) electrons. The molecular formula is C12H7Cl3N2O. The standard InChI is InChI=1S/C12H7Cl3N2O/c13-7-1-3-10(9(15)5-7)16-12-6-8(14)2-4-11(12)17-18/h1-6,16H. The lowest BCUT2D eigenvalue weighted by Gasteiger charge is -2.10. The van der Waals surface area contributed by atoms with Crippen molar-refractivity contribution >= 4 is 51.9 Å². The molecule has 0 aliphatic rings. The first kappa shape index (κ1) is 13.1. The third-order valence-electron chi connectivity index (χ3n) is 2.26. The van der Waals surface area contributed by atoms with Crippen LogP contribution in [0.5, 0.6) is 0 Å². The SMILES string of the molecule is O=Nc1ccc(Cl)cc1Nc1ccc(Cl)cc1Cl. The Bertz CT molecular complexity index is 602. The van der Waals surface area contributed by atoms with E-state index in [9.17, 15) is 4.91 Å². The highest BCUT2D eigenvalue weighted by atomic mass is 35.5. The lowest BCUT2D eigenvalue weighted by Crippen LogP contribution is -1.91. The molecule has 0 saturated carbocycles. The van der Waals surface area contributed by atoms with Crippen LogP contribution < -0.4 is 5.32 Å². The first-order valence-corrected chi connectivity index (χ1v) is 6.08. The summed E-state index contributed by atoms with van der Waals surface area (Å²) in [5.41, 5.74) is 1.36. The third kappa shape index (κ3) is 2.93. The number of nitrogens with one attached hydrogen (secondary N) is 1. The Hall–Kier alpha value is -1.29. The van der Waals surface area contributed by atoms with Crippen LogP contribution in [-0.2, 0) is 0 Å². The van der Waals surface area contributed by atoms with Gasteiger partial charge in [-0.2, -0.15) is 0 Å². The van der Waals surface area contributed by atoms with Gasteiger partial charge in [0.2, 0.25) is 0 Å². The van der Waals surface area contributed by atoms with Crippen LogP contribution in [0.2, 0.25) is 15.1 Å². The number of hydrogen-bond acceptors (Lipinski definition) is 3. The maximum atomic E-state index is 10.7. The van der Waals surface area contributed by atoms with Gasteiger partial charge in [0.1, 0.15) is 5.69 Å². The molecular weight excluding hydrogens is 295 g/mol. The van der Waals surface area contributed by atoms with Crippen molar-refractivity contribution in [1.82, 2.24) is 0 Å². The van der Waals surface area contributed by atoms with Gasteiger partial charge in [-0.15, -0.1) is 4.91 Å². The maximum Gasteiger partial charge on any atom is 0.131 e. The van der Waals surface area contributed by atoms with Gasteiger partial charge < -0.3 is 5.32 Å². The van der Waals surface area contributed by atoms with Crippen LogP contribution in [0.4, 0.5) is 17.1 Å². The van der Waals surface area contributed by atoms with Crippen LogP contribution in [0.25, 0.3) is 0 Å². The smallest absolute Gasteiger partial charge is 0.131 e. The lowest BCUT2D eigenvalue weighted by molar-refractivity contribution is 1.46. The van der Waals surface area contributed by atoms with E-state index in [1.807, 2.05) is 0 Å². The van der Waals surface area contributed by atoms with Crippen LogP contribution >= 0.6 is 34.8 Å². The number of benzene rings is 2. The molecule has 2 rings (SSSR count). The van der Waals surface area contributed by atoms with Crippen molar-refractivity contribution in [3.8, 4) is 0 Å². The largest absolute Gasteiger partial charge is 0.352 e. The van der Waals surface area contributed by atoms with Crippen molar-refractivity contribution in [2.45, 2.75) is 0 Å². The van der Waals surface area contributed by atoms with Crippen LogP contribution in [0, 0.1) is 4.91 Å². The lowest BCUT2D eigenvalue weighted by atomic mass is 10.2. The summed E-state index contributed by atoms with van der Waals surface area (Å²) in [6.07, 6.45) is 0. The molecule has 0 bridgehead atoms. The monoisotopic (exact) mass is 300 g/mol. The average molecular weight is 302 g/mol. The fraction of sp³-hybridized carbons (Fsp3) is 0. The summed E-state index contributed by atoms with van der Waals surface area (Å²) in [7, 11) is 0. The van der Waals surface area contributed by atoms with E-state index < -0.39 is 0 Å². The average Bonchev–Trinajstić information content (AvgIpc) is 2.33. The second-order valence-electron chi connectivity index (χ2n) is 3.50. The Morgan fingerprint density at radius 3 is 2.22 bits per heavy atom. The number of halogens is 3. The molecule has 18 heavy (non-hydrogen) atoms. The quantitative estimate of drug-likeness (QED) is 0.729. The zero-order chi connectivity index (χ0) is 13.1. The molecule has 1 N–H and O–H groups in total. The van der Waals surface area contributed by atoms with E-state index in [2.05, 4.69) is 10.5 Å². The van der Waals surface area contributed by atoms with Gasteiger partial charge in [-0.05, 0) is 41.6 Å². The molecule has 0 amide bonds. The second kappa shape index (κ2) is 5.57. The summed E-state index contributed by atoms with van der Waals surface area (Å²) < 4.78 is 0. The molecule has 0 atom stereocenters. The predicted molar refractivity (Wildman–Crippen MR) is 76.7 cm³/mol. The summed E-state index contributed by atoms with van der Waals surface area (Å²) in [4.78, 5) is 10.7. The maximum absolute atomic E-state index is 10.7. The van der Waals surface area contributed by atoms with Crippen molar-refractivity contribution < 1.29 is 0 Å². The fourth-order valence-electron chi connectivity index (χ4n) is 1.42. The molecule has 0 fully saturated rings. The van der Waals surface area contributed by atoms with Gasteiger partial charge in [-0.3, -0.25) is 0 Å². The predicted octanol–water partition coefficient (Wildman–Crippen LogP) is 5.79. The molecule has 0 aliphatic heterocycles. The van der Waals surface area contributed by atoms with Gasteiger partial charge in [0.05, 0.1) is 16.4 Å². The van der Waals surface area contributed by atoms with E-state index >= 15 is 0 Å². The van der Waals surface area contributed by atoms with E-state index in [-0.39, 0.29) is 5.69 Å². The van der Waals surface area contributed by atoms with E-state index in [4.69, 9.17) is 34.8 Å². The number of nitroso groups, excluding NO2 is 1. The fourth-order valence-corrected chi connectivity index (χ4v) is 2.05. The van der Waals surface area contributed by atoms with E-state index in [0.717, 1.165) is 0 Å². The minimum absolute atomic E-state index is 0.255. The molecule has 3 nitrogen and oxygen atoms in total. The number of hydrogen-bond donors (Lipinski definition) is 1. The molecule has 2 aromatic rings. The summed E-state index contributed by atoms with van der Waals surface area (Å²) >= 11 is 17.7. The molecule has 0 spiro atoms. The second-order valence-corrected chi connectivity index (χ2v) is 4.78. The summed E-state index contributed by atoms with van der Waals surface area (Å²) in [5, 5.41) is 7.38. The zero-order valence-corrected chi connectivity index (χ0v) is 11.2. The highest BCUT2D eigenvalue weighted by Gasteiger charge is 2.07. The van der Waals surface area contributed by atoms with E-state index in [1.165, 1.54) is 6.07 Å². The van der Waals surface area contributed by atoms with Crippen molar-refractivity contribution in [2.75, 3.05) is 5.32 Å². The Labute approximate surface area is 119 Å². The molecule has 0 saturated heterocycles. The van der Waals surface area contributed by atoms with Crippen LogP contribution in [0.15, 0.2) is 41.6 Å². The number of anilines is 2. The highest BCUT2D eigenvalue weighted by Crippen LogP contribution is 2.34. The number of rotatable bonds is 3. The van der Waals surface area contributed by atoms with Gasteiger partial charge in [0, 0.05) is 10.0 Å².